The van der Waals surface area contributed by atoms with Gasteiger partial charge in [0.05, 0.1) is 5.51 Å². The highest BCUT2D eigenvalue weighted by Gasteiger charge is 2.40. The van der Waals surface area contributed by atoms with Crippen molar-refractivity contribution in [2.45, 2.75) is 38.3 Å². The highest BCUT2D eigenvalue weighted by Crippen LogP contribution is 2.39. The van der Waals surface area contributed by atoms with Crippen molar-refractivity contribution in [1.29, 1.82) is 0 Å². The summed E-state index contributed by atoms with van der Waals surface area (Å²) in [5, 5.41) is 0. The minimum atomic E-state index is 0.437. The molecule has 0 bridgehead atoms. The minimum absolute atomic E-state index is 0.437. The number of fused-ring (bicyclic) bond motifs is 1. The monoisotopic (exact) mass is 251 g/mol. The number of thiazole rings is 1. The molecule has 2 fully saturated rings. The number of likely N-dealkylation sites (tertiary alicyclic amines) is 1. The van der Waals surface area contributed by atoms with E-state index in [1.54, 1.807) is 11.3 Å². The molecule has 2 N–H and O–H groups in total. The van der Waals surface area contributed by atoms with Crippen LogP contribution in [0.4, 0.5) is 0 Å². The molecule has 1 aromatic rings. The smallest absolute Gasteiger partial charge is 0.0794 e. The average Bonchev–Trinajstić information content (AvgIpc) is 2.98. The van der Waals surface area contributed by atoms with Gasteiger partial charge in [0, 0.05) is 36.2 Å². The molecule has 2 aliphatic rings. The summed E-state index contributed by atoms with van der Waals surface area (Å²) in [7, 11) is 0. The summed E-state index contributed by atoms with van der Waals surface area (Å²) >= 11 is 1.77. The highest BCUT2D eigenvalue weighted by atomic mass is 32.1. The quantitative estimate of drug-likeness (QED) is 0.876. The van der Waals surface area contributed by atoms with Gasteiger partial charge in [0.25, 0.3) is 0 Å². The van der Waals surface area contributed by atoms with Gasteiger partial charge in [0.2, 0.25) is 0 Å². The maximum absolute atomic E-state index is 6.26. The molecule has 0 amide bonds. The van der Waals surface area contributed by atoms with Gasteiger partial charge >= 0.3 is 0 Å². The summed E-state index contributed by atoms with van der Waals surface area (Å²) in [4.78, 5) is 8.18. The normalized spacial score (nSPS) is 35.8. The van der Waals surface area contributed by atoms with Crippen LogP contribution in [-0.2, 0) is 0 Å². The van der Waals surface area contributed by atoms with Crippen LogP contribution < -0.4 is 5.73 Å². The Hall–Kier alpha value is -0.450. The summed E-state index contributed by atoms with van der Waals surface area (Å²) in [5.74, 6) is 1.58. The lowest BCUT2D eigenvalue weighted by Gasteiger charge is -2.30. The second-order valence-corrected chi connectivity index (χ2v) is 6.47. The van der Waals surface area contributed by atoms with Gasteiger partial charge in [-0.2, -0.15) is 0 Å². The summed E-state index contributed by atoms with van der Waals surface area (Å²) in [6, 6.07) is 0.952. The average molecular weight is 251 g/mol. The van der Waals surface area contributed by atoms with Crippen LogP contribution in [0.15, 0.2) is 11.7 Å². The van der Waals surface area contributed by atoms with Gasteiger partial charge in [-0.3, -0.25) is 9.88 Å². The lowest BCUT2D eigenvalue weighted by atomic mass is 9.78. The molecule has 1 saturated carbocycles. The van der Waals surface area contributed by atoms with Crippen molar-refractivity contribution >= 4 is 11.3 Å². The van der Waals surface area contributed by atoms with Crippen LogP contribution in [0.3, 0.4) is 0 Å². The molecule has 1 aromatic heterocycles. The third kappa shape index (κ3) is 2.14. The molecule has 4 atom stereocenters. The number of nitrogens with zero attached hydrogens (tertiary/aromatic N) is 2. The Morgan fingerprint density at radius 3 is 3.06 bits per heavy atom. The molecule has 3 rings (SSSR count). The van der Waals surface area contributed by atoms with E-state index in [9.17, 15) is 0 Å². The van der Waals surface area contributed by atoms with Crippen molar-refractivity contribution in [2.75, 3.05) is 13.1 Å². The largest absolute Gasteiger partial charge is 0.327 e. The highest BCUT2D eigenvalue weighted by molar-refractivity contribution is 7.09. The van der Waals surface area contributed by atoms with Gasteiger partial charge in [-0.05, 0) is 31.6 Å². The zero-order valence-electron chi connectivity index (χ0n) is 10.4. The fraction of sp³-hybridized carbons (Fsp3) is 0.769. The maximum atomic E-state index is 6.26. The molecule has 0 spiro atoms. The first kappa shape index (κ1) is 11.6. The predicted octanol–water partition coefficient (Wildman–Crippen LogP) is 2.26. The third-order valence-corrected chi connectivity index (χ3v) is 5.54. The Labute approximate surface area is 107 Å². The zero-order valence-corrected chi connectivity index (χ0v) is 11.2. The molecule has 17 heavy (non-hydrogen) atoms. The van der Waals surface area contributed by atoms with Crippen molar-refractivity contribution in [3.05, 3.63) is 16.6 Å². The predicted molar refractivity (Wildman–Crippen MR) is 70.9 cm³/mol. The Morgan fingerprint density at radius 2 is 2.35 bits per heavy atom. The van der Waals surface area contributed by atoms with Crippen molar-refractivity contribution in [3.8, 4) is 0 Å². The summed E-state index contributed by atoms with van der Waals surface area (Å²) in [6.45, 7) is 4.72. The molecule has 4 heteroatoms. The van der Waals surface area contributed by atoms with Crippen LogP contribution in [0.2, 0.25) is 0 Å². The van der Waals surface area contributed by atoms with Gasteiger partial charge in [0.1, 0.15) is 0 Å². The van der Waals surface area contributed by atoms with Crippen LogP contribution >= 0.6 is 11.3 Å². The van der Waals surface area contributed by atoms with Crippen LogP contribution in [0.1, 0.15) is 37.1 Å². The first-order chi connectivity index (χ1) is 8.25. The summed E-state index contributed by atoms with van der Waals surface area (Å²) < 4.78 is 0. The fourth-order valence-corrected chi connectivity index (χ4v) is 4.19. The number of aromatic nitrogens is 1. The first-order valence-electron chi connectivity index (χ1n) is 6.63. The zero-order chi connectivity index (χ0) is 11.8. The van der Waals surface area contributed by atoms with E-state index in [4.69, 9.17) is 5.73 Å². The van der Waals surface area contributed by atoms with Crippen molar-refractivity contribution in [1.82, 2.24) is 9.88 Å². The lowest BCUT2D eigenvalue weighted by Crippen LogP contribution is -2.38. The van der Waals surface area contributed by atoms with E-state index < -0.39 is 0 Å². The number of rotatable bonds is 2. The van der Waals surface area contributed by atoms with E-state index >= 15 is 0 Å². The second kappa shape index (κ2) is 4.67. The summed E-state index contributed by atoms with van der Waals surface area (Å²) in [5.41, 5.74) is 8.20. The molecular weight excluding hydrogens is 230 g/mol. The Morgan fingerprint density at radius 1 is 1.47 bits per heavy atom. The molecule has 4 unspecified atom stereocenters. The maximum Gasteiger partial charge on any atom is 0.0794 e. The molecule has 94 valence electrons. The second-order valence-electron chi connectivity index (χ2n) is 5.55. The molecular formula is C13H21N3S. The molecule has 1 saturated heterocycles. The minimum Gasteiger partial charge on any atom is -0.327 e. The van der Waals surface area contributed by atoms with Gasteiger partial charge in [0.15, 0.2) is 0 Å². The topological polar surface area (TPSA) is 42.2 Å². The van der Waals surface area contributed by atoms with E-state index in [1.165, 1.54) is 37.2 Å². The van der Waals surface area contributed by atoms with Gasteiger partial charge in [-0.1, -0.05) is 6.42 Å². The standard InChI is InChI=1S/C13H21N3S/c1-9(13-5-15-8-17-13)16-6-10-3-2-4-12(14)11(10)7-16/h5,8-12H,2-4,6-7,14H2,1H3. The van der Waals surface area contributed by atoms with E-state index in [1.807, 2.05) is 11.7 Å². The SMILES string of the molecule is CC(c1cncs1)N1CC2CCCC(N)C2C1. The lowest BCUT2D eigenvalue weighted by molar-refractivity contribution is 0.247. The fourth-order valence-electron chi connectivity index (χ4n) is 3.48. The van der Waals surface area contributed by atoms with Crippen LogP contribution in [-0.4, -0.2) is 29.0 Å². The van der Waals surface area contributed by atoms with Gasteiger partial charge in [-0.15, -0.1) is 11.3 Å². The number of hydrogen-bond acceptors (Lipinski definition) is 4. The third-order valence-electron chi connectivity index (χ3n) is 4.59. The van der Waals surface area contributed by atoms with E-state index in [-0.39, 0.29) is 0 Å². The Kier molecular flexibility index (Phi) is 3.19. The van der Waals surface area contributed by atoms with Crippen molar-refractivity contribution in [3.63, 3.8) is 0 Å². The first-order valence-corrected chi connectivity index (χ1v) is 7.51. The molecule has 3 nitrogen and oxygen atoms in total. The van der Waals surface area contributed by atoms with Crippen LogP contribution in [0.25, 0.3) is 0 Å². The Balaban J connectivity index is 1.70. The van der Waals surface area contributed by atoms with E-state index in [2.05, 4.69) is 16.8 Å². The van der Waals surface area contributed by atoms with Crippen LogP contribution in [0, 0.1) is 11.8 Å². The number of nitrogens with two attached hydrogens (primary N) is 1. The molecule has 0 radical (unpaired) electrons. The molecule has 0 aromatic carbocycles. The van der Waals surface area contributed by atoms with Gasteiger partial charge < -0.3 is 5.73 Å². The molecule has 2 heterocycles. The van der Waals surface area contributed by atoms with Gasteiger partial charge in [-0.25, -0.2) is 0 Å². The summed E-state index contributed by atoms with van der Waals surface area (Å²) in [6.07, 6.45) is 5.94. The van der Waals surface area contributed by atoms with Crippen LogP contribution in [0.5, 0.6) is 0 Å². The van der Waals surface area contributed by atoms with Crippen molar-refractivity contribution < 1.29 is 0 Å². The molecule has 1 aliphatic carbocycles. The number of hydrogen-bond donors (Lipinski definition) is 1. The van der Waals surface area contributed by atoms with Crippen molar-refractivity contribution in [2.24, 2.45) is 17.6 Å². The molecule has 1 aliphatic heterocycles. The van der Waals surface area contributed by atoms with E-state index in [0.29, 0.717) is 12.1 Å². The Bertz CT molecular complexity index is 365. The van der Waals surface area contributed by atoms with E-state index in [0.717, 1.165) is 11.8 Å².